The second kappa shape index (κ2) is 14.5. The Morgan fingerprint density at radius 1 is 1.27 bits per heavy atom. The Bertz CT molecular complexity index is 1890. The Morgan fingerprint density at radius 2 is 2.00 bits per heavy atom. The standard InChI is InChI=1S/C32H35ClF3N5O4.C2H2O/c1-19-17-41(12-9-31(19,2)23-14-20(33)16-37-29(23)43)25(42)18-44-13-5-8-32(35,36)30-38-26-22-7-6-21(34)15-24(22)45-27(26)28(39-30)40-10-3-4-11-40;1-2-3/h6-7,14-16,19H,3-5,8-13,17-18H2,1-2H3,(H,37,43);1,3H. The second-order valence-corrected chi connectivity index (χ2v) is 12.9. The summed E-state index contributed by atoms with van der Waals surface area (Å²) in [5.41, 5.74) is 0.664. The lowest BCUT2D eigenvalue weighted by atomic mass is 9.68. The van der Waals surface area contributed by atoms with Crippen molar-refractivity contribution in [3.8, 4) is 12.5 Å². The van der Waals surface area contributed by atoms with E-state index in [0.717, 1.165) is 12.8 Å². The summed E-state index contributed by atoms with van der Waals surface area (Å²) in [6.07, 6.45) is 8.63. The van der Waals surface area contributed by atoms with Gasteiger partial charge in [-0.15, -0.1) is 0 Å². The molecule has 2 aliphatic rings. The van der Waals surface area contributed by atoms with Crippen LogP contribution in [0.5, 0.6) is 0 Å². The number of benzene rings is 1. The van der Waals surface area contributed by atoms with Crippen molar-refractivity contribution in [2.75, 3.05) is 44.3 Å². The molecule has 2 unspecified atom stereocenters. The zero-order valence-electron chi connectivity index (χ0n) is 26.7. The predicted octanol–water partition coefficient (Wildman–Crippen LogP) is 6.12. The highest BCUT2D eigenvalue weighted by atomic mass is 35.5. The van der Waals surface area contributed by atoms with Crippen molar-refractivity contribution in [2.24, 2.45) is 5.92 Å². The van der Waals surface area contributed by atoms with Crippen molar-refractivity contribution in [1.82, 2.24) is 19.9 Å². The summed E-state index contributed by atoms with van der Waals surface area (Å²) in [7, 11) is 0. The van der Waals surface area contributed by atoms with Gasteiger partial charge < -0.3 is 29.0 Å². The first kappa shape index (κ1) is 35.0. The van der Waals surface area contributed by atoms with Gasteiger partial charge in [-0.2, -0.15) is 8.78 Å². The molecule has 0 spiro atoms. The quantitative estimate of drug-likeness (QED) is 0.159. The number of nitrogens with zero attached hydrogens (tertiary/aromatic N) is 4. The number of fused-ring (bicyclic) bond motifs is 3. The number of piperidine rings is 1. The first-order valence-electron chi connectivity index (χ1n) is 15.7. The topological polar surface area (TPSA) is 125 Å². The summed E-state index contributed by atoms with van der Waals surface area (Å²) in [4.78, 5) is 40.1. The number of alkyl halides is 2. The minimum Gasteiger partial charge on any atom is -0.462 e. The smallest absolute Gasteiger partial charge is 0.306 e. The molecule has 1 amide bonds. The molecule has 0 aliphatic carbocycles. The van der Waals surface area contributed by atoms with E-state index in [4.69, 9.17) is 25.9 Å². The van der Waals surface area contributed by atoms with Gasteiger partial charge in [0.2, 0.25) is 11.7 Å². The second-order valence-electron chi connectivity index (χ2n) is 12.4. The summed E-state index contributed by atoms with van der Waals surface area (Å²) in [5, 5.41) is 7.99. The number of carbonyl (C=O) groups excluding carboxylic acids is 1. The molecule has 48 heavy (non-hydrogen) atoms. The zero-order chi connectivity index (χ0) is 34.6. The average Bonchev–Trinajstić information content (AvgIpc) is 3.71. The third-order valence-corrected chi connectivity index (χ3v) is 9.53. The number of pyridine rings is 1. The number of nitrogens with one attached hydrogen (secondary N) is 1. The van der Waals surface area contributed by atoms with Crippen LogP contribution in [0.1, 0.15) is 57.3 Å². The van der Waals surface area contributed by atoms with E-state index in [1.807, 2.05) is 18.7 Å². The fourth-order valence-electron chi connectivity index (χ4n) is 6.41. The molecule has 0 radical (unpaired) electrons. The number of likely N-dealkylation sites (tertiary alicyclic amines) is 1. The number of rotatable bonds is 9. The largest absolute Gasteiger partial charge is 0.462 e. The van der Waals surface area contributed by atoms with Crippen LogP contribution >= 0.6 is 11.6 Å². The molecular weight excluding hydrogens is 651 g/mol. The molecule has 6 rings (SSSR count). The fourth-order valence-corrected chi connectivity index (χ4v) is 6.58. The van der Waals surface area contributed by atoms with Crippen molar-refractivity contribution in [3.05, 3.63) is 63.0 Å². The number of hydrogen-bond acceptors (Lipinski definition) is 8. The van der Waals surface area contributed by atoms with E-state index in [1.54, 1.807) is 11.0 Å². The van der Waals surface area contributed by atoms with Crippen LogP contribution in [0.3, 0.4) is 0 Å². The maximum absolute atomic E-state index is 15.5. The Kier molecular flexibility index (Phi) is 10.6. The van der Waals surface area contributed by atoms with Crippen LogP contribution in [0, 0.1) is 24.3 Å². The van der Waals surface area contributed by atoms with E-state index < -0.39 is 29.4 Å². The highest BCUT2D eigenvalue weighted by Gasteiger charge is 2.41. The lowest BCUT2D eigenvalue weighted by Crippen LogP contribution is -2.51. The van der Waals surface area contributed by atoms with Crippen LogP contribution in [-0.4, -0.2) is 70.3 Å². The lowest BCUT2D eigenvalue weighted by Gasteiger charge is -2.44. The third-order valence-electron chi connectivity index (χ3n) is 9.32. The van der Waals surface area contributed by atoms with E-state index in [2.05, 4.69) is 21.4 Å². The lowest BCUT2D eigenvalue weighted by molar-refractivity contribution is -0.139. The molecule has 5 heterocycles. The summed E-state index contributed by atoms with van der Waals surface area (Å²) in [6.45, 7) is 5.88. The Hall–Kier alpha value is -4.28. The number of amides is 1. The summed E-state index contributed by atoms with van der Waals surface area (Å²) in [6, 6.07) is 5.62. The van der Waals surface area contributed by atoms with Crippen molar-refractivity contribution < 1.29 is 32.2 Å². The number of aliphatic hydroxyl groups excluding tert-OH is 1. The number of furan rings is 1. The van der Waals surface area contributed by atoms with Gasteiger partial charge in [-0.25, -0.2) is 14.4 Å². The minimum atomic E-state index is -3.37. The van der Waals surface area contributed by atoms with Crippen molar-refractivity contribution >= 4 is 45.4 Å². The molecule has 1 aromatic carbocycles. The number of terminal acetylenes is 1. The summed E-state index contributed by atoms with van der Waals surface area (Å²) in [5.74, 6) is -4.46. The van der Waals surface area contributed by atoms with Crippen LogP contribution in [0.15, 0.2) is 39.7 Å². The maximum Gasteiger partial charge on any atom is 0.306 e. The van der Waals surface area contributed by atoms with Crippen LogP contribution in [0.4, 0.5) is 19.0 Å². The van der Waals surface area contributed by atoms with E-state index in [9.17, 15) is 14.0 Å². The third kappa shape index (κ3) is 7.24. The van der Waals surface area contributed by atoms with Gasteiger partial charge in [0.25, 0.3) is 5.56 Å². The zero-order valence-corrected chi connectivity index (χ0v) is 27.5. The first-order valence-corrected chi connectivity index (χ1v) is 16.1. The Balaban J connectivity index is 0.00000145. The molecular formula is C34H37ClF3N5O5. The molecule has 10 nitrogen and oxygen atoms in total. The van der Waals surface area contributed by atoms with Gasteiger partial charge >= 0.3 is 5.92 Å². The highest BCUT2D eigenvalue weighted by molar-refractivity contribution is 6.30. The van der Waals surface area contributed by atoms with Gasteiger partial charge in [-0.05, 0) is 49.8 Å². The van der Waals surface area contributed by atoms with Crippen molar-refractivity contribution in [2.45, 2.75) is 57.3 Å². The van der Waals surface area contributed by atoms with Gasteiger partial charge in [-0.3, -0.25) is 9.59 Å². The SMILES string of the molecule is C#CO.CC1CN(C(=O)COCCCC(F)(F)c2nc(N3CCCC3)c3oc4cc(F)ccc4c3n2)CCC1(C)c1cc(Cl)c[nH]c1=O. The molecule has 2 fully saturated rings. The molecule has 2 saturated heterocycles. The molecule has 256 valence electrons. The number of aromatic amines is 1. The maximum atomic E-state index is 15.5. The molecule has 0 bridgehead atoms. The van der Waals surface area contributed by atoms with Gasteiger partial charge in [0.1, 0.15) is 29.6 Å². The Labute approximate surface area is 280 Å². The van der Waals surface area contributed by atoms with E-state index in [-0.39, 0.29) is 59.5 Å². The predicted molar refractivity (Wildman–Crippen MR) is 175 cm³/mol. The number of ether oxygens (including phenoxy) is 1. The van der Waals surface area contributed by atoms with Crippen molar-refractivity contribution in [1.29, 1.82) is 0 Å². The molecule has 0 saturated carbocycles. The molecule has 4 aromatic rings. The monoisotopic (exact) mass is 687 g/mol. The number of aromatic nitrogens is 3. The van der Waals surface area contributed by atoms with Gasteiger partial charge in [0, 0.05) is 67.8 Å². The van der Waals surface area contributed by atoms with Gasteiger partial charge in [-0.1, -0.05) is 31.9 Å². The normalized spacial score (nSPS) is 19.7. The molecule has 2 atom stereocenters. The highest BCUT2D eigenvalue weighted by Crippen LogP contribution is 2.40. The number of aliphatic hydroxyl groups is 1. The van der Waals surface area contributed by atoms with Crippen LogP contribution < -0.4 is 10.5 Å². The van der Waals surface area contributed by atoms with E-state index >= 15 is 8.78 Å². The minimum absolute atomic E-state index is 0.0237. The Morgan fingerprint density at radius 3 is 2.71 bits per heavy atom. The van der Waals surface area contributed by atoms with Crippen LogP contribution in [0.2, 0.25) is 5.02 Å². The van der Waals surface area contributed by atoms with Crippen LogP contribution in [0.25, 0.3) is 22.1 Å². The number of carbonyl (C=O) groups is 1. The summed E-state index contributed by atoms with van der Waals surface area (Å²) >= 11 is 6.13. The molecule has 2 N–H and O–H groups in total. The van der Waals surface area contributed by atoms with Crippen molar-refractivity contribution in [3.63, 3.8) is 0 Å². The van der Waals surface area contributed by atoms with E-state index in [1.165, 1.54) is 30.5 Å². The number of anilines is 1. The van der Waals surface area contributed by atoms with Gasteiger partial charge in [0.15, 0.2) is 11.4 Å². The number of H-pyrrole nitrogens is 1. The fraction of sp³-hybridized carbons (Fsp3) is 0.471. The van der Waals surface area contributed by atoms with Gasteiger partial charge in [0.05, 0.1) is 5.02 Å². The molecule has 14 heteroatoms. The number of hydrogen-bond donors (Lipinski definition) is 2. The molecule has 2 aliphatic heterocycles. The summed E-state index contributed by atoms with van der Waals surface area (Å²) < 4.78 is 56.2. The van der Waals surface area contributed by atoms with Crippen LogP contribution in [-0.2, 0) is 20.9 Å². The first-order chi connectivity index (χ1) is 22.9. The van der Waals surface area contributed by atoms with E-state index in [0.29, 0.717) is 48.6 Å². The number of halogens is 4. The molecule has 3 aromatic heterocycles. The average molecular weight is 688 g/mol.